The molecule has 19 heavy (non-hydrogen) atoms. The third kappa shape index (κ3) is 3.36. The molecule has 0 spiro atoms. The van der Waals surface area contributed by atoms with Gasteiger partial charge >= 0.3 is 0 Å². The van der Waals surface area contributed by atoms with E-state index in [9.17, 15) is 4.79 Å². The molecule has 2 rings (SSSR count). The van der Waals surface area contributed by atoms with Crippen molar-refractivity contribution in [1.29, 1.82) is 0 Å². The first-order valence-corrected chi connectivity index (χ1v) is 7.63. The van der Waals surface area contributed by atoms with Crippen molar-refractivity contribution < 1.29 is 0 Å². The van der Waals surface area contributed by atoms with E-state index in [1.807, 2.05) is 14.0 Å². The van der Waals surface area contributed by atoms with Gasteiger partial charge in [-0.25, -0.2) is 4.68 Å². The summed E-state index contributed by atoms with van der Waals surface area (Å²) in [4.78, 5) is 14.1. The predicted molar refractivity (Wildman–Crippen MR) is 80.8 cm³/mol. The standard InChI is InChI=1S/C13H21BrN4O/c1-3-18-13(19)12(14)11(8-16-18)17(2)9-10-6-4-5-7-15-10/h8,10,15H,3-7,9H2,1-2H3. The summed E-state index contributed by atoms with van der Waals surface area (Å²) in [5, 5.41) is 7.70. The van der Waals surface area contributed by atoms with E-state index >= 15 is 0 Å². The van der Waals surface area contributed by atoms with Gasteiger partial charge in [0.1, 0.15) is 4.47 Å². The maximum absolute atomic E-state index is 12.0. The largest absolute Gasteiger partial charge is 0.371 e. The predicted octanol–water partition coefficient (Wildman–Crippen LogP) is 1.60. The van der Waals surface area contributed by atoms with Gasteiger partial charge in [0.15, 0.2) is 0 Å². The van der Waals surface area contributed by atoms with E-state index in [-0.39, 0.29) is 5.56 Å². The van der Waals surface area contributed by atoms with Crippen molar-refractivity contribution in [1.82, 2.24) is 15.1 Å². The van der Waals surface area contributed by atoms with E-state index in [1.165, 1.54) is 23.9 Å². The number of piperidine rings is 1. The quantitative estimate of drug-likeness (QED) is 0.912. The fourth-order valence-corrected chi connectivity index (χ4v) is 3.07. The summed E-state index contributed by atoms with van der Waals surface area (Å²) in [7, 11) is 2.01. The molecule has 1 N–H and O–H groups in total. The van der Waals surface area contributed by atoms with Gasteiger partial charge in [-0.2, -0.15) is 5.10 Å². The summed E-state index contributed by atoms with van der Waals surface area (Å²) in [5.74, 6) is 0. The van der Waals surface area contributed by atoms with Crippen LogP contribution < -0.4 is 15.8 Å². The first-order chi connectivity index (χ1) is 9.13. The Kier molecular flexibility index (Phi) is 4.99. The number of nitrogens with one attached hydrogen (secondary N) is 1. The molecule has 0 amide bonds. The molecular weight excluding hydrogens is 308 g/mol. The topological polar surface area (TPSA) is 50.2 Å². The van der Waals surface area contributed by atoms with Crippen LogP contribution in [0.25, 0.3) is 0 Å². The third-order valence-electron chi connectivity index (χ3n) is 3.58. The Labute approximate surface area is 122 Å². The maximum Gasteiger partial charge on any atom is 0.283 e. The highest BCUT2D eigenvalue weighted by Gasteiger charge is 2.17. The van der Waals surface area contributed by atoms with E-state index in [0.29, 0.717) is 17.1 Å². The van der Waals surface area contributed by atoms with E-state index in [1.54, 1.807) is 6.20 Å². The number of halogens is 1. The summed E-state index contributed by atoms with van der Waals surface area (Å²) >= 11 is 3.40. The average molecular weight is 329 g/mol. The third-order valence-corrected chi connectivity index (χ3v) is 4.33. The van der Waals surface area contributed by atoms with Crippen LogP contribution in [0.4, 0.5) is 5.69 Å². The zero-order chi connectivity index (χ0) is 13.8. The van der Waals surface area contributed by atoms with Gasteiger partial charge in [-0.3, -0.25) is 4.79 Å². The van der Waals surface area contributed by atoms with E-state index < -0.39 is 0 Å². The van der Waals surface area contributed by atoms with Crippen molar-refractivity contribution in [3.8, 4) is 0 Å². The van der Waals surface area contributed by atoms with E-state index in [0.717, 1.165) is 18.8 Å². The van der Waals surface area contributed by atoms with Crippen LogP contribution in [-0.4, -0.2) is 36.0 Å². The average Bonchev–Trinajstić information content (AvgIpc) is 2.42. The zero-order valence-electron chi connectivity index (χ0n) is 11.5. The van der Waals surface area contributed by atoms with Crippen molar-refractivity contribution in [2.45, 2.75) is 38.8 Å². The van der Waals surface area contributed by atoms with Crippen molar-refractivity contribution in [2.24, 2.45) is 0 Å². The molecule has 1 aliphatic rings. The molecule has 1 saturated heterocycles. The molecule has 0 saturated carbocycles. The molecule has 106 valence electrons. The molecular formula is C13H21BrN4O. The smallest absolute Gasteiger partial charge is 0.283 e. The number of anilines is 1. The van der Waals surface area contributed by atoms with Crippen LogP contribution in [-0.2, 0) is 6.54 Å². The monoisotopic (exact) mass is 328 g/mol. The molecule has 6 heteroatoms. The Morgan fingerprint density at radius 3 is 3.00 bits per heavy atom. The van der Waals surface area contributed by atoms with Gasteiger partial charge in [0, 0.05) is 26.2 Å². The lowest BCUT2D eigenvalue weighted by Crippen LogP contribution is -2.43. The Bertz CT molecular complexity index is 482. The highest BCUT2D eigenvalue weighted by molar-refractivity contribution is 9.10. The van der Waals surface area contributed by atoms with Gasteiger partial charge in [0.25, 0.3) is 5.56 Å². The lowest BCUT2D eigenvalue weighted by Gasteiger charge is -2.29. The second-order valence-corrected chi connectivity index (χ2v) is 5.79. The van der Waals surface area contributed by atoms with Gasteiger partial charge in [-0.1, -0.05) is 6.42 Å². The van der Waals surface area contributed by atoms with Crippen LogP contribution in [0.3, 0.4) is 0 Å². The van der Waals surface area contributed by atoms with Crippen LogP contribution in [0, 0.1) is 0 Å². The number of hydrogen-bond donors (Lipinski definition) is 1. The second kappa shape index (κ2) is 6.52. The maximum atomic E-state index is 12.0. The first-order valence-electron chi connectivity index (χ1n) is 6.83. The molecule has 0 bridgehead atoms. The van der Waals surface area contributed by atoms with Crippen LogP contribution in [0.2, 0.25) is 0 Å². The second-order valence-electron chi connectivity index (χ2n) is 4.99. The highest BCUT2D eigenvalue weighted by atomic mass is 79.9. The van der Waals surface area contributed by atoms with Gasteiger partial charge in [-0.05, 0) is 42.2 Å². The number of aryl methyl sites for hydroxylation is 1. The van der Waals surface area contributed by atoms with E-state index in [4.69, 9.17) is 0 Å². The number of nitrogens with zero attached hydrogens (tertiary/aromatic N) is 3. The Morgan fingerprint density at radius 1 is 1.58 bits per heavy atom. The Morgan fingerprint density at radius 2 is 2.37 bits per heavy atom. The minimum atomic E-state index is -0.0662. The molecule has 1 aliphatic heterocycles. The minimum Gasteiger partial charge on any atom is -0.371 e. The lowest BCUT2D eigenvalue weighted by atomic mass is 10.0. The van der Waals surface area contributed by atoms with Gasteiger partial charge < -0.3 is 10.2 Å². The number of aromatic nitrogens is 2. The van der Waals surface area contributed by atoms with Crippen LogP contribution in [0.5, 0.6) is 0 Å². The Balaban J connectivity index is 2.12. The summed E-state index contributed by atoms with van der Waals surface area (Å²) in [6, 6.07) is 0.499. The van der Waals surface area contributed by atoms with Crippen LogP contribution in [0.15, 0.2) is 15.5 Å². The van der Waals surface area contributed by atoms with Crippen molar-refractivity contribution in [3.63, 3.8) is 0 Å². The zero-order valence-corrected chi connectivity index (χ0v) is 13.1. The minimum absolute atomic E-state index is 0.0662. The SMILES string of the molecule is CCn1ncc(N(C)CC2CCCCN2)c(Br)c1=O. The normalized spacial score (nSPS) is 19.4. The summed E-state index contributed by atoms with van der Waals surface area (Å²) in [5.41, 5.74) is 0.797. The van der Waals surface area contributed by atoms with Crippen molar-refractivity contribution in [3.05, 3.63) is 21.0 Å². The fraction of sp³-hybridized carbons (Fsp3) is 0.692. The van der Waals surface area contributed by atoms with Crippen LogP contribution >= 0.6 is 15.9 Å². The molecule has 0 aromatic carbocycles. The summed E-state index contributed by atoms with van der Waals surface area (Å²) in [6.45, 7) is 4.49. The van der Waals surface area contributed by atoms with E-state index in [2.05, 4.69) is 31.2 Å². The van der Waals surface area contributed by atoms with Gasteiger partial charge in [0.05, 0.1) is 11.9 Å². The number of rotatable bonds is 4. The van der Waals surface area contributed by atoms with Crippen molar-refractivity contribution >= 4 is 21.6 Å². The Hall–Kier alpha value is -0.880. The number of hydrogen-bond acceptors (Lipinski definition) is 4. The molecule has 1 aromatic rings. The molecule has 1 aromatic heterocycles. The molecule has 1 atom stereocenters. The first kappa shape index (κ1) is 14.5. The molecule has 0 radical (unpaired) electrons. The highest BCUT2D eigenvalue weighted by Crippen LogP contribution is 2.21. The molecule has 5 nitrogen and oxygen atoms in total. The number of likely N-dealkylation sites (N-methyl/N-ethyl adjacent to an activating group) is 1. The lowest BCUT2D eigenvalue weighted by molar-refractivity contribution is 0.403. The fourth-order valence-electron chi connectivity index (χ4n) is 2.46. The van der Waals surface area contributed by atoms with Crippen LogP contribution in [0.1, 0.15) is 26.2 Å². The molecule has 2 heterocycles. The molecule has 1 unspecified atom stereocenters. The summed E-state index contributed by atoms with van der Waals surface area (Å²) in [6.07, 6.45) is 5.50. The molecule has 1 fully saturated rings. The van der Waals surface area contributed by atoms with Gasteiger partial charge in [0.2, 0.25) is 0 Å². The van der Waals surface area contributed by atoms with Gasteiger partial charge in [-0.15, -0.1) is 0 Å². The summed E-state index contributed by atoms with van der Waals surface area (Å²) < 4.78 is 2.06. The van der Waals surface area contributed by atoms with Crippen molar-refractivity contribution in [2.75, 3.05) is 25.0 Å². The molecule has 0 aliphatic carbocycles.